The van der Waals surface area contributed by atoms with Crippen LogP contribution in [-0.4, -0.2) is 62.7 Å². The molecule has 0 radical (unpaired) electrons. The number of fused-ring (bicyclic) bond motifs is 1. The normalized spacial score (nSPS) is 27.7. The van der Waals surface area contributed by atoms with E-state index in [1.807, 2.05) is 68.1 Å². The van der Waals surface area contributed by atoms with Gasteiger partial charge in [0.1, 0.15) is 6.04 Å². The molecule has 0 saturated carbocycles. The van der Waals surface area contributed by atoms with E-state index in [-0.39, 0.29) is 30.6 Å². The van der Waals surface area contributed by atoms with Gasteiger partial charge in [-0.25, -0.2) is 0 Å². The number of methoxy groups -OCH3 is 1. The Morgan fingerprint density at radius 2 is 2.00 bits per heavy atom. The first-order valence-electron chi connectivity index (χ1n) is 10.7. The molecule has 0 bridgehead atoms. The van der Waals surface area contributed by atoms with E-state index in [1.54, 1.807) is 7.11 Å². The molecule has 0 spiro atoms. The van der Waals surface area contributed by atoms with Crippen molar-refractivity contribution in [2.24, 2.45) is 16.4 Å². The first-order chi connectivity index (χ1) is 14.8. The maximum absolute atomic E-state index is 13.6. The number of benzene rings is 1. The van der Waals surface area contributed by atoms with Gasteiger partial charge in [-0.1, -0.05) is 32.1 Å². The molecule has 1 saturated heterocycles. The van der Waals surface area contributed by atoms with Gasteiger partial charge in [0.2, 0.25) is 0 Å². The van der Waals surface area contributed by atoms with Gasteiger partial charge in [0.25, 0.3) is 5.91 Å². The Balaban J connectivity index is 1.82. The number of aliphatic hydroxyl groups excluding tert-OH is 1. The highest BCUT2D eigenvalue weighted by atomic mass is 16.5. The Bertz CT molecular complexity index is 933. The van der Waals surface area contributed by atoms with Crippen molar-refractivity contribution >= 4 is 23.0 Å². The fourth-order valence-corrected chi connectivity index (χ4v) is 4.83. The summed E-state index contributed by atoms with van der Waals surface area (Å²) in [7, 11) is 5.70. The standard InChI is InChI=1S/C24H32N4O3/c1-24(2,14-29)22-19-20(25-26-22)23(30)28(16-12-10-15(11-13-16)27(3)4)21(19)17-8-6-7-9-18(17)31-5/h6-8,10-13,18-21,25,29H,9,14H2,1-5H3. The van der Waals surface area contributed by atoms with Crippen LogP contribution >= 0.6 is 0 Å². The van der Waals surface area contributed by atoms with Crippen molar-refractivity contribution in [3.63, 3.8) is 0 Å². The number of anilines is 2. The van der Waals surface area contributed by atoms with Gasteiger partial charge in [0.15, 0.2) is 0 Å². The first-order valence-corrected chi connectivity index (χ1v) is 10.7. The van der Waals surface area contributed by atoms with E-state index in [2.05, 4.69) is 22.7 Å². The third-order valence-electron chi connectivity index (χ3n) is 6.63. The molecule has 2 N–H and O–H groups in total. The molecule has 1 aromatic rings. The maximum atomic E-state index is 13.6. The lowest BCUT2D eigenvalue weighted by Gasteiger charge is -2.36. The number of amides is 1. The Hall–Kier alpha value is -2.64. The van der Waals surface area contributed by atoms with E-state index in [4.69, 9.17) is 4.74 Å². The molecule has 1 aromatic carbocycles. The minimum atomic E-state index is -0.538. The van der Waals surface area contributed by atoms with E-state index in [0.717, 1.165) is 29.1 Å². The molecule has 1 amide bonds. The maximum Gasteiger partial charge on any atom is 0.252 e. The predicted molar refractivity (Wildman–Crippen MR) is 123 cm³/mol. The number of hydrogen-bond acceptors (Lipinski definition) is 6. The smallest absolute Gasteiger partial charge is 0.252 e. The van der Waals surface area contributed by atoms with Crippen LogP contribution in [0.15, 0.2) is 53.2 Å². The van der Waals surface area contributed by atoms with Crippen molar-refractivity contribution in [2.45, 2.75) is 38.5 Å². The van der Waals surface area contributed by atoms with Gasteiger partial charge in [-0.15, -0.1) is 0 Å². The second-order valence-corrected chi connectivity index (χ2v) is 9.29. The first kappa shape index (κ1) is 21.6. The fourth-order valence-electron chi connectivity index (χ4n) is 4.83. The summed E-state index contributed by atoms with van der Waals surface area (Å²) in [6.45, 7) is 3.89. The summed E-state index contributed by atoms with van der Waals surface area (Å²) in [4.78, 5) is 17.6. The molecule has 0 aromatic heterocycles. The van der Waals surface area contributed by atoms with Crippen LogP contribution in [0.1, 0.15) is 20.3 Å². The van der Waals surface area contributed by atoms with Gasteiger partial charge in [-0.2, -0.15) is 5.10 Å². The second-order valence-electron chi connectivity index (χ2n) is 9.29. The summed E-state index contributed by atoms with van der Waals surface area (Å²) < 4.78 is 5.81. The van der Waals surface area contributed by atoms with E-state index in [1.165, 1.54) is 0 Å². The number of hydrazone groups is 1. The Morgan fingerprint density at radius 1 is 1.29 bits per heavy atom. The van der Waals surface area contributed by atoms with E-state index in [0.29, 0.717) is 0 Å². The van der Waals surface area contributed by atoms with E-state index in [9.17, 15) is 9.90 Å². The molecule has 7 nitrogen and oxygen atoms in total. The number of allylic oxidation sites excluding steroid dienone is 2. The third-order valence-corrected chi connectivity index (χ3v) is 6.63. The summed E-state index contributed by atoms with van der Waals surface area (Å²) in [5.41, 5.74) is 6.36. The highest BCUT2D eigenvalue weighted by molar-refractivity contribution is 6.10. The Morgan fingerprint density at radius 3 is 2.61 bits per heavy atom. The molecule has 4 rings (SSSR count). The summed E-state index contributed by atoms with van der Waals surface area (Å²) in [6, 6.07) is 7.35. The van der Waals surface area contributed by atoms with Crippen molar-refractivity contribution < 1.29 is 14.6 Å². The zero-order chi connectivity index (χ0) is 22.3. The average molecular weight is 425 g/mol. The molecule has 2 heterocycles. The Labute approximate surface area is 184 Å². The van der Waals surface area contributed by atoms with E-state index < -0.39 is 11.5 Å². The highest BCUT2D eigenvalue weighted by Gasteiger charge is 2.57. The SMILES string of the molecule is COC1CC=CC=C1C1C2C(C(C)(C)CO)=NNC2C(=O)N1c1ccc(N(C)C)cc1. The number of nitrogens with one attached hydrogen (secondary N) is 1. The molecule has 7 heteroatoms. The number of hydrogen-bond donors (Lipinski definition) is 2. The lowest BCUT2D eigenvalue weighted by atomic mass is 9.74. The van der Waals surface area contributed by atoms with Crippen LogP contribution < -0.4 is 15.2 Å². The van der Waals surface area contributed by atoms with Gasteiger partial charge in [0.05, 0.1) is 30.4 Å². The van der Waals surface area contributed by atoms with Gasteiger partial charge in [-0.05, 0) is 36.3 Å². The molecule has 166 valence electrons. The van der Waals surface area contributed by atoms with Crippen LogP contribution in [0, 0.1) is 11.3 Å². The molecule has 4 unspecified atom stereocenters. The predicted octanol–water partition coefficient (Wildman–Crippen LogP) is 2.33. The van der Waals surface area contributed by atoms with Crippen LogP contribution in [0.4, 0.5) is 11.4 Å². The molecule has 3 aliphatic rings. The number of carbonyl (C=O) groups excluding carboxylic acids is 1. The van der Waals surface area contributed by atoms with Crippen molar-refractivity contribution in [2.75, 3.05) is 37.6 Å². The zero-order valence-corrected chi connectivity index (χ0v) is 18.9. The van der Waals surface area contributed by atoms with Crippen molar-refractivity contribution in [3.05, 3.63) is 48.1 Å². The lowest BCUT2D eigenvalue weighted by Crippen LogP contribution is -2.45. The molecule has 1 fully saturated rings. The number of carbonyl (C=O) groups is 1. The molecule has 4 atom stereocenters. The van der Waals surface area contributed by atoms with Crippen molar-refractivity contribution in [3.8, 4) is 0 Å². The quantitative estimate of drug-likeness (QED) is 0.733. The third kappa shape index (κ3) is 3.55. The number of ether oxygens (including phenoxy) is 1. The van der Waals surface area contributed by atoms with Crippen LogP contribution in [0.5, 0.6) is 0 Å². The summed E-state index contributed by atoms with van der Waals surface area (Å²) in [5, 5.41) is 14.6. The number of aliphatic hydroxyl groups is 1. The van der Waals surface area contributed by atoms with Crippen LogP contribution in [0.25, 0.3) is 0 Å². The van der Waals surface area contributed by atoms with Gasteiger partial charge >= 0.3 is 0 Å². The second kappa shape index (κ2) is 8.13. The molecular formula is C24H32N4O3. The summed E-state index contributed by atoms with van der Waals surface area (Å²) in [5.74, 6) is -0.191. The minimum Gasteiger partial charge on any atom is -0.395 e. The molecule has 31 heavy (non-hydrogen) atoms. The van der Waals surface area contributed by atoms with Crippen molar-refractivity contribution in [1.82, 2.24) is 5.43 Å². The fraction of sp³-hybridized carbons (Fsp3) is 0.500. The van der Waals surface area contributed by atoms with Crippen LogP contribution in [0.2, 0.25) is 0 Å². The monoisotopic (exact) mass is 424 g/mol. The summed E-state index contributed by atoms with van der Waals surface area (Å²) >= 11 is 0. The number of nitrogens with zero attached hydrogens (tertiary/aromatic N) is 3. The van der Waals surface area contributed by atoms with Crippen LogP contribution in [-0.2, 0) is 9.53 Å². The van der Waals surface area contributed by atoms with Gasteiger partial charge in [-0.3, -0.25) is 10.2 Å². The van der Waals surface area contributed by atoms with Gasteiger partial charge in [0, 0.05) is 38.0 Å². The molecule has 1 aliphatic carbocycles. The van der Waals surface area contributed by atoms with Gasteiger partial charge < -0.3 is 19.6 Å². The topological polar surface area (TPSA) is 77.4 Å². The van der Waals surface area contributed by atoms with E-state index >= 15 is 0 Å². The number of rotatable bonds is 6. The van der Waals surface area contributed by atoms with Crippen LogP contribution in [0.3, 0.4) is 0 Å². The average Bonchev–Trinajstić information content (AvgIpc) is 3.33. The Kier molecular flexibility index (Phi) is 5.66. The summed E-state index contributed by atoms with van der Waals surface area (Å²) in [6.07, 6.45) is 6.85. The lowest BCUT2D eigenvalue weighted by molar-refractivity contribution is -0.118. The highest BCUT2D eigenvalue weighted by Crippen LogP contribution is 2.44. The van der Waals surface area contributed by atoms with Crippen molar-refractivity contribution in [1.29, 1.82) is 0 Å². The molecular weight excluding hydrogens is 392 g/mol. The zero-order valence-electron chi connectivity index (χ0n) is 18.9. The largest absolute Gasteiger partial charge is 0.395 e. The minimum absolute atomic E-state index is 0.00889. The molecule has 2 aliphatic heterocycles.